The molecule has 3 rings (SSSR count). The molecule has 0 radical (unpaired) electrons. The zero-order valence-corrected chi connectivity index (χ0v) is 15.4. The van der Waals surface area contributed by atoms with Crippen LogP contribution >= 0.6 is 0 Å². The molecule has 1 aromatic heterocycles. The first-order chi connectivity index (χ1) is 11.9. The number of amides is 1. The van der Waals surface area contributed by atoms with Gasteiger partial charge in [0.2, 0.25) is 0 Å². The van der Waals surface area contributed by atoms with Crippen molar-refractivity contribution in [1.29, 1.82) is 0 Å². The van der Waals surface area contributed by atoms with Gasteiger partial charge in [0.1, 0.15) is 5.56 Å². The topological polar surface area (TPSA) is 64.4 Å². The van der Waals surface area contributed by atoms with E-state index in [1.807, 2.05) is 12.1 Å². The van der Waals surface area contributed by atoms with Crippen molar-refractivity contribution in [3.05, 3.63) is 41.1 Å². The third-order valence-corrected chi connectivity index (χ3v) is 4.62. The van der Waals surface area contributed by atoms with Crippen LogP contribution in [-0.4, -0.2) is 30.3 Å². The molecule has 1 fully saturated rings. The lowest BCUT2D eigenvalue weighted by atomic mass is 9.86. The number of ether oxygens (including phenoxy) is 1. The zero-order valence-electron chi connectivity index (χ0n) is 15.4. The molecule has 5 nitrogen and oxygen atoms in total. The van der Waals surface area contributed by atoms with Crippen molar-refractivity contribution in [3.8, 4) is 11.3 Å². The van der Waals surface area contributed by atoms with Gasteiger partial charge in [-0.25, -0.2) is 0 Å². The lowest BCUT2D eigenvalue weighted by Gasteiger charge is -2.19. The van der Waals surface area contributed by atoms with Gasteiger partial charge in [0.05, 0.1) is 11.8 Å². The molecule has 2 heterocycles. The predicted octanol–water partition coefficient (Wildman–Crippen LogP) is 3.86. The van der Waals surface area contributed by atoms with E-state index in [1.54, 1.807) is 6.92 Å². The number of benzene rings is 1. The second kappa shape index (κ2) is 7.00. The smallest absolute Gasteiger partial charge is 0.257 e. The van der Waals surface area contributed by atoms with Crippen LogP contribution in [0.15, 0.2) is 28.8 Å². The third-order valence-electron chi connectivity index (χ3n) is 4.62. The molecule has 2 aromatic rings. The van der Waals surface area contributed by atoms with Crippen molar-refractivity contribution >= 4 is 5.91 Å². The van der Waals surface area contributed by atoms with Crippen LogP contribution in [0, 0.1) is 6.92 Å². The summed E-state index contributed by atoms with van der Waals surface area (Å²) in [4.78, 5) is 12.6. The van der Waals surface area contributed by atoms with Gasteiger partial charge < -0.3 is 14.6 Å². The van der Waals surface area contributed by atoms with Crippen molar-refractivity contribution in [3.63, 3.8) is 0 Å². The van der Waals surface area contributed by atoms with Crippen molar-refractivity contribution in [2.24, 2.45) is 0 Å². The quantitative estimate of drug-likeness (QED) is 0.916. The van der Waals surface area contributed by atoms with Gasteiger partial charge >= 0.3 is 0 Å². The van der Waals surface area contributed by atoms with Crippen LogP contribution in [0.5, 0.6) is 0 Å². The molecule has 1 atom stereocenters. The first kappa shape index (κ1) is 17.7. The summed E-state index contributed by atoms with van der Waals surface area (Å²) in [6.07, 6.45) is 2.15. The molecule has 1 saturated heterocycles. The Labute approximate surface area is 148 Å². The number of aromatic nitrogens is 1. The molecule has 1 aliphatic heterocycles. The van der Waals surface area contributed by atoms with Crippen LogP contribution in [0.3, 0.4) is 0 Å². The van der Waals surface area contributed by atoms with Crippen LogP contribution < -0.4 is 5.32 Å². The van der Waals surface area contributed by atoms with Crippen LogP contribution in [0.2, 0.25) is 0 Å². The van der Waals surface area contributed by atoms with Gasteiger partial charge in [-0.3, -0.25) is 4.79 Å². The van der Waals surface area contributed by atoms with Crippen molar-refractivity contribution in [1.82, 2.24) is 10.5 Å². The minimum atomic E-state index is -0.163. The highest BCUT2D eigenvalue weighted by Gasteiger charge is 2.24. The van der Waals surface area contributed by atoms with E-state index in [4.69, 9.17) is 9.26 Å². The highest BCUT2D eigenvalue weighted by Crippen LogP contribution is 2.29. The van der Waals surface area contributed by atoms with E-state index in [2.05, 4.69) is 43.4 Å². The summed E-state index contributed by atoms with van der Waals surface area (Å²) in [6.45, 7) is 9.60. The minimum absolute atomic E-state index is 0.0807. The van der Waals surface area contributed by atoms with Crippen molar-refractivity contribution in [2.75, 3.05) is 13.2 Å². The number of hydrogen-bond donors (Lipinski definition) is 1. The summed E-state index contributed by atoms with van der Waals surface area (Å²) in [6, 6.07) is 8.11. The maximum Gasteiger partial charge on any atom is 0.257 e. The van der Waals surface area contributed by atoms with Gasteiger partial charge in [0, 0.05) is 18.7 Å². The summed E-state index contributed by atoms with van der Waals surface area (Å²) in [7, 11) is 0. The van der Waals surface area contributed by atoms with E-state index < -0.39 is 0 Å². The van der Waals surface area contributed by atoms with Crippen LogP contribution in [-0.2, 0) is 10.2 Å². The standard InChI is InChI=1S/C20H26N2O3/c1-13-17(19(23)21-12-16-6-5-11-24-16)18(25-22-13)14-7-9-15(10-8-14)20(2,3)4/h7-10,16H,5-6,11-12H2,1-4H3,(H,21,23). The normalized spacial score (nSPS) is 17.7. The molecule has 5 heteroatoms. The monoisotopic (exact) mass is 342 g/mol. The summed E-state index contributed by atoms with van der Waals surface area (Å²) < 4.78 is 11.0. The summed E-state index contributed by atoms with van der Waals surface area (Å²) in [5.41, 5.74) is 3.27. The first-order valence-electron chi connectivity index (χ1n) is 8.83. The Kier molecular flexibility index (Phi) is 4.95. The average molecular weight is 342 g/mol. The maximum absolute atomic E-state index is 12.6. The van der Waals surface area contributed by atoms with Crippen LogP contribution in [0.4, 0.5) is 0 Å². The molecule has 1 amide bonds. The molecule has 1 unspecified atom stereocenters. The highest BCUT2D eigenvalue weighted by molar-refractivity contribution is 6.00. The summed E-state index contributed by atoms with van der Waals surface area (Å²) >= 11 is 0. The number of rotatable bonds is 4. The van der Waals surface area contributed by atoms with Gasteiger partial charge in [-0.2, -0.15) is 0 Å². The Morgan fingerprint density at radius 3 is 2.60 bits per heavy atom. The Balaban J connectivity index is 1.80. The molecule has 0 saturated carbocycles. The fraction of sp³-hybridized carbons (Fsp3) is 0.500. The second-order valence-corrected chi connectivity index (χ2v) is 7.64. The molecule has 134 valence electrons. The maximum atomic E-state index is 12.6. The van der Waals surface area contributed by atoms with Gasteiger partial charge in [-0.1, -0.05) is 50.2 Å². The fourth-order valence-electron chi connectivity index (χ4n) is 3.06. The second-order valence-electron chi connectivity index (χ2n) is 7.64. The van der Waals surface area contributed by atoms with Crippen molar-refractivity contribution in [2.45, 2.75) is 52.1 Å². The highest BCUT2D eigenvalue weighted by atomic mass is 16.5. The zero-order chi connectivity index (χ0) is 18.0. The largest absolute Gasteiger partial charge is 0.376 e. The molecule has 0 aliphatic carbocycles. The molecule has 0 spiro atoms. The molecular weight excluding hydrogens is 316 g/mol. The number of carbonyl (C=O) groups excluding carboxylic acids is 1. The number of hydrogen-bond acceptors (Lipinski definition) is 4. The SMILES string of the molecule is Cc1noc(-c2ccc(C(C)(C)C)cc2)c1C(=O)NCC1CCCO1. The number of carbonyl (C=O) groups is 1. The number of nitrogens with zero attached hydrogens (tertiary/aromatic N) is 1. The Bertz CT molecular complexity index is 735. The Hall–Kier alpha value is -2.14. The van der Waals surface area contributed by atoms with Crippen LogP contribution in [0.1, 0.15) is 55.2 Å². The molecule has 0 bridgehead atoms. The fourth-order valence-corrected chi connectivity index (χ4v) is 3.06. The molecule has 25 heavy (non-hydrogen) atoms. The van der Waals surface area contributed by atoms with E-state index in [0.717, 1.165) is 25.0 Å². The predicted molar refractivity (Wildman–Crippen MR) is 96.7 cm³/mol. The molecule has 1 aromatic carbocycles. The minimum Gasteiger partial charge on any atom is -0.376 e. The van der Waals surface area contributed by atoms with Gasteiger partial charge in [0.15, 0.2) is 5.76 Å². The summed E-state index contributed by atoms with van der Waals surface area (Å²) in [5, 5.41) is 6.95. The Morgan fingerprint density at radius 2 is 2.00 bits per heavy atom. The molecular formula is C20H26N2O3. The lowest BCUT2D eigenvalue weighted by Crippen LogP contribution is -2.32. The average Bonchev–Trinajstić information content (AvgIpc) is 3.21. The number of nitrogens with one attached hydrogen (secondary N) is 1. The van der Waals surface area contributed by atoms with Crippen molar-refractivity contribution < 1.29 is 14.1 Å². The van der Waals surface area contributed by atoms with E-state index in [-0.39, 0.29) is 17.4 Å². The van der Waals surface area contributed by atoms with Gasteiger partial charge in [-0.05, 0) is 30.7 Å². The first-order valence-corrected chi connectivity index (χ1v) is 8.83. The van der Waals surface area contributed by atoms with Gasteiger partial charge in [0.25, 0.3) is 5.91 Å². The van der Waals surface area contributed by atoms with Gasteiger partial charge in [-0.15, -0.1) is 0 Å². The van der Waals surface area contributed by atoms with Crippen LogP contribution in [0.25, 0.3) is 11.3 Å². The summed E-state index contributed by atoms with van der Waals surface area (Å²) in [5.74, 6) is 0.354. The lowest BCUT2D eigenvalue weighted by molar-refractivity contribution is 0.0857. The van der Waals surface area contributed by atoms with E-state index in [9.17, 15) is 4.79 Å². The molecule has 1 aliphatic rings. The molecule has 1 N–H and O–H groups in total. The third kappa shape index (κ3) is 3.93. The number of aryl methyl sites for hydroxylation is 1. The van der Waals surface area contributed by atoms with E-state index >= 15 is 0 Å². The Morgan fingerprint density at radius 1 is 1.28 bits per heavy atom. The van der Waals surface area contributed by atoms with E-state index in [1.165, 1.54) is 5.56 Å². The van der Waals surface area contributed by atoms with E-state index in [0.29, 0.717) is 23.6 Å².